The molecule has 0 N–H and O–H groups in total. The van der Waals surface area contributed by atoms with Gasteiger partial charge in [0.05, 0.1) is 5.56 Å². The maximum absolute atomic E-state index is 12.3. The van der Waals surface area contributed by atoms with Crippen LogP contribution in [0.4, 0.5) is 13.2 Å². The van der Waals surface area contributed by atoms with Gasteiger partial charge in [-0.3, -0.25) is 0 Å². The monoisotopic (exact) mass is 224 g/mol. The van der Waals surface area contributed by atoms with Crippen molar-refractivity contribution < 1.29 is 13.2 Å². The Morgan fingerprint density at radius 3 is 2.15 bits per heavy atom. The van der Waals surface area contributed by atoms with Crippen molar-refractivity contribution in [3.8, 4) is 0 Å². The third-order valence-electron chi connectivity index (χ3n) is 1.72. The Labute approximate surface area is 85.0 Å². The van der Waals surface area contributed by atoms with E-state index >= 15 is 0 Å². The summed E-state index contributed by atoms with van der Waals surface area (Å²) in [7, 11) is 0. The van der Waals surface area contributed by atoms with Gasteiger partial charge >= 0.3 is 6.18 Å². The smallest absolute Gasteiger partial charge is 0.166 e. The fourth-order valence-electron chi connectivity index (χ4n) is 0.993. The van der Waals surface area contributed by atoms with Crippen LogP contribution in [0.2, 0.25) is 0 Å². The summed E-state index contributed by atoms with van der Waals surface area (Å²) in [6, 6.07) is 2.30. The first-order valence-corrected chi connectivity index (χ1v) is 4.32. The van der Waals surface area contributed by atoms with Crippen LogP contribution in [0.15, 0.2) is 21.9 Å². The van der Waals surface area contributed by atoms with Gasteiger partial charge < -0.3 is 0 Å². The zero-order valence-electron chi connectivity index (χ0n) is 6.68. The van der Waals surface area contributed by atoms with Gasteiger partial charge in [0, 0.05) is 9.79 Å². The van der Waals surface area contributed by atoms with Crippen molar-refractivity contribution in [3.63, 3.8) is 0 Å². The highest BCUT2D eigenvalue weighted by Gasteiger charge is 2.32. The molecule has 0 saturated carbocycles. The number of hydrogen-bond acceptors (Lipinski definition) is 2. The fraction of sp³-hybridized carbons (Fsp3) is 0.250. The van der Waals surface area contributed by atoms with Crippen LogP contribution < -0.4 is 0 Å². The van der Waals surface area contributed by atoms with Gasteiger partial charge in [0.1, 0.15) is 0 Å². The predicted octanol–water partition coefficient (Wildman–Crippen LogP) is 3.59. The molecule has 1 rings (SSSR count). The van der Waals surface area contributed by atoms with Gasteiger partial charge in [-0.05, 0) is 24.6 Å². The molecule has 0 spiro atoms. The fourth-order valence-corrected chi connectivity index (χ4v) is 1.43. The molecule has 0 bridgehead atoms. The van der Waals surface area contributed by atoms with E-state index in [0.717, 1.165) is 6.07 Å². The van der Waals surface area contributed by atoms with Gasteiger partial charge in [0.25, 0.3) is 0 Å². The highest BCUT2D eigenvalue weighted by atomic mass is 32.1. The molecule has 0 heterocycles. The Morgan fingerprint density at radius 2 is 1.69 bits per heavy atom. The van der Waals surface area contributed by atoms with Crippen molar-refractivity contribution in [2.24, 2.45) is 0 Å². The topological polar surface area (TPSA) is 0 Å². The van der Waals surface area contributed by atoms with Crippen molar-refractivity contribution in [1.82, 2.24) is 0 Å². The van der Waals surface area contributed by atoms with Crippen LogP contribution in [0.1, 0.15) is 11.1 Å². The minimum atomic E-state index is -4.32. The van der Waals surface area contributed by atoms with Crippen LogP contribution in [-0.4, -0.2) is 0 Å². The Hall–Kier alpha value is -0.290. The molecule has 1 aromatic rings. The van der Waals surface area contributed by atoms with Gasteiger partial charge in [-0.25, -0.2) is 0 Å². The van der Waals surface area contributed by atoms with Gasteiger partial charge in [-0.15, -0.1) is 25.3 Å². The molecule has 13 heavy (non-hydrogen) atoms. The number of alkyl halides is 3. The minimum absolute atomic E-state index is 0.114. The number of rotatable bonds is 0. The Balaban J connectivity index is 3.35. The summed E-state index contributed by atoms with van der Waals surface area (Å²) in [6.45, 7) is 1.38. The summed E-state index contributed by atoms with van der Waals surface area (Å²) in [5.41, 5.74) is -0.543. The van der Waals surface area contributed by atoms with E-state index < -0.39 is 11.7 Å². The standard InChI is InChI=1S/C8H7F3S2/c1-4-5(8(9,10)11)2-3-6(12)7(4)13/h2-3,12-13H,1H3. The van der Waals surface area contributed by atoms with Crippen LogP contribution in [0.25, 0.3) is 0 Å². The predicted molar refractivity (Wildman–Crippen MR) is 50.7 cm³/mol. The normalized spacial score (nSPS) is 11.8. The summed E-state index contributed by atoms with van der Waals surface area (Å²) >= 11 is 7.90. The lowest BCUT2D eigenvalue weighted by Crippen LogP contribution is -2.07. The highest BCUT2D eigenvalue weighted by Crippen LogP contribution is 2.35. The molecule has 0 saturated heterocycles. The number of halogens is 3. The van der Waals surface area contributed by atoms with Crippen molar-refractivity contribution in [1.29, 1.82) is 0 Å². The SMILES string of the molecule is Cc1c(C(F)(F)F)ccc(S)c1S. The van der Waals surface area contributed by atoms with E-state index in [1.165, 1.54) is 13.0 Å². The molecule has 0 fully saturated rings. The van der Waals surface area contributed by atoms with E-state index in [9.17, 15) is 13.2 Å². The van der Waals surface area contributed by atoms with E-state index in [1.54, 1.807) is 0 Å². The lowest BCUT2D eigenvalue weighted by Gasteiger charge is -2.12. The molecule has 0 amide bonds. The molecule has 0 aliphatic rings. The van der Waals surface area contributed by atoms with E-state index in [4.69, 9.17) is 0 Å². The van der Waals surface area contributed by atoms with Crippen molar-refractivity contribution in [2.45, 2.75) is 22.9 Å². The van der Waals surface area contributed by atoms with Gasteiger partial charge in [-0.2, -0.15) is 13.2 Å². The lowest BCUT2D eigenvalue weighted by atomic mass is 10.1. The number of hydrogen-bond donors (Lipinski definition) is 2. The second-order valence-electron chi connectivity index (χ2n) is 2.60. The highest BCUT2D eigenvalue weighted by molar-refractivity contribution is 7.83. The first kappa shape index (κ1) is 10.8. The molecule has 5 heteroatoms. The van der Waals surface area contributed by atoms with Gasteiger partial charge in [0.2, 0.25) is 0 Å². The molecule has 0 atom stereocenters. The maximum atomic E-state index is 12.3. The van der Waals surface area contributed by atoms with Gasteiger partial charge in [-0.1, -0.05) is 0 Å². The Morgan fingerprint density at radius 1 is 1.15 bits per heavy atom. The number of benzene rings is 1. The summed E-state index contributed by atoms with van der Waals surface area (Å²) in [4.78, 5) is 0.729. The second-order valence-corrected chi connectivity index (χ2v) is 3.53. The van der Waals surface area contributed by atoms with Crippen LogP contribution in [-0.2, 0) is 6.18 Å². The average molecular weight is 224 g/mol. The summed E-state index contributed by atoms with van der Waals surface area (Å²) in [6.07, 6.45) is -4.32. The van der Waals surface area contributed by atoms with Crippen LogP contribution >= 0.6 is 25.3 Å². The van der Waals surface area contributed by atoms with E-state index in [2.05, 4.69) is 25.3 Å². The number of thiol groups is 2. The van der Waals surface area contributed by atoms with E-state index in [1.807, 2.05) is 0 Å². The van der Waals surface area contributed by atoms with E-state index in [-0.39, 0.29) is 10.5 Å². The molecule has 0 aliphatic carbocycles. The van der Waals surface area contributed by atoms with Gasteiger partial charge in [0.15, 0.2) is 0 Å². The molecule has 0 aromatic heterocycles. The zero-order valence-corrected chi connectivity index (χ0v) is 8.47. The quantitative estimate of drug-likeness (QED) is 0.618. The molecule has 0 unspecified atom stereocenters. The van der Waals surface area contributed by atoms with Crippen molar-refractivity contribution in [3.05, 3.63) is 23.3 Å². The average Bonchev–Trinajstić information content (AvgIpc) is 1.98. The molecule has 1 aromatic carbocycles. The summed E-state index contributed by atoms with van der Waals surface area (Å²) < 4.78 is 36.9. The molecular formula is C8H7F3S2. The molecule has 0 radical (unpaired) electrons. The molecule has 0 aliphatic heterocycles. The zero-order chi connectivity index (χ0) is 10.2. The first-order valence-electron chi connectivity index (χ1n) is 3.42. The lowest BCUT2D eigenvalue weighted by molar-refractivity contribution is -0.138. The van der Waals surface area contributed by atoms with Crippen molar-refractivity contribution >= 4 is 25.3 Å². The Bertz CT molecular complexity index is 331. The maximum Gasteiger partial charge on any atom is 0.416 e. The van der Waals surface area contributed by atoms with Crippen molar-refractivity contribution in [2.75, 3.05) is 0 Å². The summed E-state index contributed by atoms with van der Waals surface area (Å²) in [5, 5.41) is 0. The van der Waals surface area contributed by atoms with Crippen LogP contribution in [0.3, 0.4) is 0 Å². The third-order valence-corrected chi connectivity index (χ3v) is 2.84. The third kappa shape index (κ3) is 2.14. The van der Waals surface area contributed by atoms with Crippen LogP contribution in [0, 0.1) is 6.92 Å². The minimum Gasteiger partial charge on any atom is -0.166 e. The first-order chi connectivity index (χ1) is 5.84. The Kier molecular flexibility index (Phi) is 2.87. The molecule has 72 valence electrons. The van der Waals surface area contributed by atoms with Crippen LogP contribution in [0.5, 0.6) is 0 Å². The largest absolute Gasteiger partial charge is 0.416 e. The summed E-state index contributed by atoms with van der Waals surface area (Å²) in [5.74, 6) is 0. The molecular weight excluding hydrogens is 217 g/mol. The molecule has 0 nitrogen and oxygen atoms in total. The van der Waals surface area contributed by atoms with E-state index in [0.29, 0.717) is 4.90 Å². The second kappa shape index (κ2) is 3.46.